The highest BCUT2D eigenvalue weighted by Crippen LogP contribution is 2.34. The third-order valence-electron chi connectivity index (χ3n) is 6.09. The number of hydrogen-bond donors (Lipinski definition) is 1. The van der Waals surface area contributed by atoms with E-state index in [1.54, 1.807) is 26.2 Å². The quantitative estimate of drug-likeness (QED) is 0.588. The van der Waals surface area contributed by atoms with Gasteiger partial charge in [0.15, 0.2) is 5.65 Å². The minimum absolute atomic E-state index is 0.0497. The van der Waals surface area contributed by atoms with Crippen molar-refractivity contribution in [2.75, 3.05) is 50.6 Å². The molecule has 3 aromatic rings. The summed E-state index contributed by atoms with van der Waals surface area (Å²) in [5.41, 5.74) is 1.80. The zero-order valence-corrected chi connectivity index (χ0v) is 19.7. The van der Waals surface area contributed by atoms with Crippen LogP contribution in [0.3, 0.4) is 0 Å². The fourth-order valence-electron chi connectivity index (χ4n) is 4.16. The van der Waals surface area contributed by atoms with E-state index in [1.165, 1.54) is 13.0 Å². The van der Waals surface area contributed by atoms with Gasteiger partial charge in [-0.2, -0.15) is 4.98 Å². The molecule has 7 nitrogen and oxygen atoms in total. The third-order valence-corrected chi connectivity index (χ3v) is 6.09. The molecule has 1 aliphatic heterocycles. The molecule has 3 heterocycles. The van der Waals surface area contributed by atoms with Crippen molar-refractivity contribution in [1.82, 2.24) is 19.9 Å². The maximum absolute atomic E-state index is 15.0. The number of benzene rings is 1. The zero-order chi connectivity index (χ0) is 23.7. The molecule has 2 aromatic heterocycles. The highest BCUT2D eigenvalue weighted by Gasteiger charge is 2.23. The summed E-state index contributed by atoms with van der Waals surface area (Å²) in [7, 11) is 3.70. The van der Waals surface area contributed by atoms with Crippen molar-refractivity contribution >= 4 is 22.5 Å². The van der Waals surface area contributed by atoms with Crippen LogP contribution in [0.2, 0.25) is 0 Å². The van der Waals surface area contributed by atoms with Crippen LogP contribution in [-0.4, -0.2) is 60.2 Å². The molecule has 0 aliphatic carbocycles. The Morgan fingerprint density at radius 1 is 1.06 bits per heavy atom. The molecular weight excluding hydrogens is 426 g/mol. The Balaban J connectivity index is 1.74. The molecule has 2 atom stereocenters. The smallest absolute Gasteiger partial charge is 0.239 e. The molecule has 176 valence electrons. The molecule has 33 heavy (non-hydrogen) atoms. The number of ether oxygens (including phenoxy) is 1. The SMILES string of the molecule is COc1nc2nc(C)nc(N[C@H](C)c3cccc(C(C)F)c3F)c2cc1N1CCN(C)CC1. The molecule has 0 bridgehead atoms. The monoisotopic (exact) mass is 456 g/mol. The lowest BCUT2D eigenvalue weighted by Crippen LogP contribution is -2.44. The van der Waals surface area contributed by atoms with E-state index in [-0.39, 0.29) is 5.56 Å². The van der Waals surface area contributed by atoms with E-state index < -0.39 is 18.0 Å². The minimum Gasteiger partial charge on any atom is -0.479 e. The predicted octanol–water partition coefficient (Wildman–Crippen LogP) is 4.44. The number of piperazine rings is 1. The number of fused-ring (bicyclic) bond motifs is 1. The first kappa shape index (κ1) is 23.1. The van der Waals surface area contributed by atoms with E-state index in [4.69, 9.17) is 4.74 Å². The Morgan fingerprint density at radius 2 is 1.76 bits per heavy atom. The van der Waals surface area contributed by atoms with Crippen molar-refractivity contribution in [2.45, 2.75) is 33.0 Å². The number of halogens is 2. The van der Waals surface area contributed by atoms with Gasteiger partial charge in [0.1, 0.15) is 29.3 Å². The molecule has 0 amide bonds. The van der Waals surface area contributed by atoms with Crippen LogP contribution in [0.5, 0.6) is 5.88 Å². The van der Waals surface area contributed by atoms with Crippen molar-refractivity contribution in [3.8, 4) is 5.88 Å². The van der Waals surface area contributed by atoms with Gasteiger partial charge < -0.3 is 19.9 Å². The van der Waals surface area contributed by atoms with E-state index in [2.05, 4.69) is 37.1 Å². The number of anilines is 2. The number of nitrogens with zero attached hydrogens (tertiary/aromatic N) is 5. The van der Waals surface area contributed by atoms with Gasteiger partial charge >= 0.3 is 0 Å². The largest absolute Gasteiger partial charge is 0.479 e. The fourth-order valence-corrected chi connectivity index (χ4v) is 4.16. The number of rotatable bonds is 6. The Bertz CT molecular complexity index is 1150. The minimum atomic E-state index is -1.39. The molecule has 0 saturated carbocycles. The van der Waals surface area contributed by atoms with Gasteiger partial charge in [-0.3, -0.25) is 0 Å². The average Bonchev–Trinajstić information content (AvgIpc) is 2.78. The van der Waals surface area contributed by atoms with Gasteiger partial charge in [-0.25, -0.2) is 18.7 Å². The summed E-state index contributed by atoms with van der Waals surface area (Å²) in [4.78, 5) is 18.2. The third kappa shape index (κ3) is 4.68. The van der Waals surface area contributed by atoms with Crippen molar-refractivity contribution in [3.63, 3.8) is 0 Å². The molecule has 0 spiro atoms. The predicted molar refractivity (Wildman–Crippen MR) is 126 cm³/mol. The lowest BCUT2D eigenvalue weighted by Gasteiger charge is -2.34. The number of pyridine rings is 1. The summed E-state index contributed by atoms with van der Waals surface area (Å²) in [6.45, 7) is 8.53. The fraction of sp³-hybridized carbons (Fsp3) is 0.458. The standard InChI is InChI=1S/C24H30F2N6O/c1-14(25)17-7-6-8-18(21(17)26)15(2)27-22-19-13-20(32-11-9-31(4)10-12-32)24(33-5)30-23(19)29-16(3)28-22/h6-8,13-15H,9-12H2,1-5H3,(H,27,28,29,30)/t14?,15-/m1/s1. The number of alkyl halides is 1. The topological polar surface area (TPSA) is 66.4 Å². The molecule has 1 fully saturated rings. The van der Waals surface area contributed by atoms with Gasteiger partial charge in [0.2, 0.25) is 5.88 Å². The second-order valence-electron chi connectivity index (χ2n) is 8.53. The zero-order valence-electron chi connectivity index (χ0n) is 19.7. The average molecular weight is 457 g/mol. The van der Waals surface area contributed by atoms with Crippen LogP contribution < -0.4 is 15.0 Å². The summed E-state index contributed by atoms with van der Waals surface area (Å²) >= 11 is 0. The van der Waals surface area contributed by atoms with Crippen molar-refractivity contribution in [2.24, 2.45) is 0 Å². The number of methoxy groups -OCH3 is 1. The molecule has 0 radical (unpaired) electrons. The summed E-state index contributed by atoms with van der Waals surface area (Å²) in [6.07, 6.45) is -1.39. The lowest BCUT2D eigenvalue weighted by atomic mass is 10.0. The van der Waals surface area contributed by atoms with Crippen molar-refractivity contribution < 1.29 is 13.5 Å². The second kappa shape index (κ2) is 9.43. The number of aryl methyl sites for hydroxylation is 1. The van der Waals surface area contributed by atoms with E-state index >= 15 is 0 Å². The normalized spacial score (nSPS) is 16.6. The Hall–Kier alpha value is -3.07. The van der Waals surface area contributed by atoms with Crippen LogP contribution in [0.4, 0.5) is 20.3 Å². The van der Waals surface area contributed by atoms with Gasteiger partial charge in [0.05, 0.1) is 18.5 Å². The van der Waals surface area contributed by atoms with Gasteiger partial charge in [-0.1, -0.05) is 18.2 Å². The molecule has 1 unspecified atom stereocenters. The van der Waals surface area contributed by atoms with E-state index in [0.717, 1.165) is 37.3 Å². The molecular formula is C24H30F2N6O. The van der Waals surface area contributed by atoms with Crippen LogP contribution in [0.25, 0.3) is 11.0 Å². The Morgan fingerprint density at radius 3 is 2.42 bits per heavy atom. The maximum atomic E-state index is 15.0. The van der Waals surface area contributed by atoms with Crippen LogP contribution in [0, 0.1) is 12.7 Å². The second-order valence-corrected chi connectivity index (χ2v) is 8.53. The van der Waals surface area contributed by atoms with Crippen LogP contribution >= 0.6 is 0 Å². The highest BCUT2D eigenvalue weighted by molar-refractivity contribution is 5.90. The molecule has 9 heteroatoms. The van der Waals surface area contributed by atoms with Gasteiger partial charge in [0.25, 0.3) is 0 Å². The molecule has 4 rings (SSSR count). The van der Waals surface area contributed by atoms with Crippen LogP contribution in [0.15, 0.2) is 24.3 Å². The molecule has 1 N–H and O–H groups in total. The molecule has 1 aromatic carbocycles. The van der Waals surface area contributed by atoms with Gasteiger partial charge in [-0.05, 0) is 33.9 Å². The van der Waals surface area contributed by atoms with E-state index in [9.17, 15) is 8.78 Å². The van der Waals surface area contributed by atoms with E-state index in [0.29, 0.717) is 28.7 Å². The van der Waals surface area contributed by atoms with Gasteiger partial charge in [-0.15, -0.1) is 0 Å². The maximum Gasteiger partial charge on any atom is 0.239 e. The Labute approximate surface area is 192 Å². The summed E-state index contributed by atoms with van der Waals surface area (Å²) in [6, 6.07) is 6.33. The van der Waals surface area contributed by atoms with Crippen molar-refractivity contribution in [3.05, 3.63) is 47.0 Å². The van der Waals surface area contributed by atoms with Crippen LogP contribution in [-0.2, 0) is 0 Å². The number of aromatic nitrogens is 3. The lowest BCUT2D eigenvalue weighted by molar-refractivity contribution is 0.310. The van der Waals surface area contributed by atoms with Crippen molar-refractivity contribution in [1.29, 1.82) is 0 Å². The van der Waals surface area contributed by atoms with E-state index in [1.807, 2.05) is 13.0 Å². The first-order valence-corrected chi connectivity index (χ1v) is 11.1. The first-order chi connectivity index (χ1) is 15.8. The number of hydrogen-bond acceptors (Lipinski definition) is 7. The molecule has 1 saturated heterocycles. The van der Waals surface area contributed by atoms with Gasteiger partial charge in [0, 0.05) is 37.3 Å². The summed E-state index contributed by atoms with van der Waals surface area (Å²) in [5.74, 6) is 1.06. The summed E-state index contributed by atoms with van der Waals surface area (Å²) in [5, 5.41) is 4.02. The highest BCUT2D eigenvalue weighted by atomic mass is 19.1. The first-order valence-electron chi connectivity index (χ1n) is 11.1. The molecule has 1 aliphatic rings. The van der Waals surface area contributed by atoms with Crippen LogP contribution in [0.1, 0.15) is 43.0 Å². The number of nitrogens with one attached hydrogen (secondary N) is 1. The Kier molecular flexibility index (Phi) is 6.60. The summed E-state index contributed by atoms with van der Waals surface area (Å²) < 4.78 is 34.4. The number of likely N-dealkylation sites (N-methyl/N-ethyl adjacent to an activating group) is 1.